The zero-order valence-electron chi connectivity index (χ0n) is 12.5. The molecule has 2 atom stereocenters. The van der Waals surface area contributed by atoms with Crippen LogP contribution < -0.4 is 4.90 Å². The van der Waals surface area contributed by atoms with E-state index in [1.165, 1.54) is 43.2 Å². The molecule has 1 heterocycles. The molecule has 0 saturated heterocycles. The summed E-state index contributed by atoms with van der Waals surface area (Å²) in [7, 11) is 0. The summed E-state index contributed by atoms with van der Waals surface area (Å²) in [6.07, 6.45) is 8.27. The number of benzene rings is 1. The molecule has 0 radical (unpaired) electrons. The predicted molar refractivity (Wildman–Crippen MR) is 83.1 cm³/mol. The second kappa shape index (κ2) is 5.59. The molecule has 1 saturated carbocycles. The first-order valence-electron chi connectivity index (χ1n) is 8.02. The molecule has 1 aliphatic heterocycles. The van der Waals surface area contributed by atoms with E-state index in [0.717, 1.165) is 25.9 Å². The highest BCUT2D eigenvalue weighted by atomic mass is 16.1. The smallest absolute Gasteiger partial charge is 0.127 e. The topological polar surface area (TPSA) is 20.3 Å². The minimum absolute atomic E-state index is 0.109. The Morgan fingerprint density at radius 3 is 3.00 bits per heavy atom. The Hall–Kier alpha value is -1.31. The molecule has 1 aliphatic carbocycles. The summed E-state index contributed by atoms with van der Waals surface area (Å²) >= 11 is 0. The number of anilines is 1. The maximum atomic E-state index is 11.8. The lowest BCUT2D eigenvalue weighted by Crippen LogP contribution is -2.43. The van der Waals surface area contributed by atoms with Crippen LogP contribution in [0.4, 0.5) is 5.69 Å². The summed E-state index contributed by atoms with van der Waals surface area (Å²) in [6, 6.07) is 8.70. The van der Waals surface area contributed by atoms with Crippen LogP contribution in [0.1, 0.15) is 44.6 Å². The molecule has 108 valence electrons. The van der Waals surface area contributed by atoms with E-state index in [-0.39, 0.29) is 5.41 Å². The Bertz CT molecular complexity index is 484. The van der Waals surface area contributed by atoms with Crippen LogP contribution in [-0.2, 0) is 11.2 Å². The van der Waals surface area contributed by atoms with Gasteiger partial charge in [-0.15, -0.1) is 0 Å². The van der Waals surface area contributed by atoms with Crippen molar-refractivity contribution in [3.63, 3.8) is 0 Å². The van der Waals surface area contributed by atoms with Crippen LogP contribution >= 0.6 is 0 Å². The number of aryl methyl sites for hydroxylation is 1. The van der Waals surface area contributed by atoms with E-state index in [0.29, 0.717) is 5.92 Å². The predicted octanol–water partition coefficient (Wildman–Crippen LogP) is 3.83. The Kier molecular flexibility index (Phi) is 3.82. The van der Waals surface area contributed by atoms with Crippen LogP contribution in [0.15, 0.2) is 24.3 Å². The SMILES string of the molecule is CC1CCCC(C=O)(CN2CCCc3ccccc32)C1. The minimum Gasteiger partial charge on any atom is -0.370 e. The molecule has 0 spiro atoms. The number of aldehydes is 1. The van der Waals surface area contributed by atoms with Crippen molar-refractivity contribution < 1.29 is 4.79 Å². The van der Waals surface area contributed by atoms with E-state index in [1.54, 1.807) is 0 Å². The molecule has 0 amide bonds. The lowest BCUT2D eigenvalue weighted by molar-refractivity contribution is -0.118. The van der Waals surface area contributed by atoms with E-state index in [1.807, 2.05) is 0 Å². The molecule has 2 unspecified atom stereocenters. The molecule has 0 aromatic heterocycles. The molecule has 1 aromatic carbocycles. The van der Waals surface area contributed by atoms with E-state index in [2.05, 4.69) is 36.1 Å². The van der Waals surface area contributed by atoms with Gasteiger partial charge in [0.25, 0.3) is 0 Å². The summed E-state index contributed by atoms with van der Waals surface area (Å²) in [4.78, 5) is 14.3. The Balaban J connectivity index is 1.82. The monoisotopic (exact) mass is 271 g/mol. The molecule has 2 aliphatic rings. The van der Waals surface area contributed by atoms with Crippen molar-refractivity contribution in [3.05, 3.63) is 29.8 Å². The fraction of sp³-hybridized carbons (Fsp3) is 0.611. The van der Waals surface area contributed by atoms with Crippen molar-refractivity contribution in [1.82, 2.24) is 0 Å². The molecule has 2 nitrogen and oxygen atoms in total. The number of fused-ring (bicyclic) bond motifs is 1. The van der Waals surface area contributed by atoms with E-state index in [9.17, 15) is 4.79 Å². The molecule has 20 heavy (non-hydrogen) atoms. The van der Waals surface area contributed by atoms with Crippen LogP contribution in [0.2, 0.25) is 0 Å². The standard InChI is InChI=1S/C18H25NO/c1-15-6-4-10-18(12-15,14-20)13-19-11-5-8-16-7-2-3-9-17(16)19/h2-3,7,9,14-15H,4-6,8,10-13H2,1H3. The Morgan fingerprint density at radius 2 is 2.20 bits per heavy atom. The van der Waals surface area contributed by atoms with Crippen molar-refractivity contribution in [2.75, 3.05) is 18.0 Å². The van der Waals surface area contributed by atoms with Crippen molar-refractivity contribution in [3.8, 4) is 0 Å². The molecule has 0 bridgehead atoms. The molecular weight excluding hydrogens is 246 g/mol. The van der Waals surface area contributed by atoms with Crippen LogP contribution in [0, 0.1) is 11.3 Å². The molecule has 3 rings (SSSR count). The second-order valence-corrected chi connectivity index (χ2v) is 6.84. The average molecular weight is 271 g/mol. The summed E-state index contributed by atoms with van der Waals surface area (Å²) < 4.78 is 0. The molecular formula is C18H25NO. The van der Waals surface area contributed by atoms with Crippen molar-refractivity contribution in [1.29, 1.82) is 0 Å². The number of rotatable bonds is 3. The first kappa shape index (κ1) is 13.7. The molecule has 2 heteroatoms. The minimum atomic E-state index is -0.109. The Labute approximate surface area is 122 Å². The lowest BCUT2D eigenvalue weighted by Gasteiger charge is -2.42. The van der Waals surface area contributed by atoms with E-state index in [4.69, 9.17) is 0 Å². The highest BCUT2D eigenvalue weighted by Crippen LogP contribution is 2.40. The van der Waals surface area contributed by atoms with Gasteiger partial charge in [-0.25, -0.2) is 0 Å². The maximum absolute atomic E-state index is 11.8. The molecule has 1 aromatic rings. The summed E-state index contributed by atoms with van der Waals surface area (Å²) in [5, 5.41) is 0. The number of carbonyl (C=O) groups excluding carboxylic acids is 1. The van der Waals surface area contributed by atoms with Gasteiger partial charge in [0.2, 0.25) is 0 Å². The van der Waals surface area contributed by atoms with Gasteiger partial charge in [0.1, 0.15) is 6.29 Å². The largest absolute Gasteiger partial charge is 0.370 e. The zero-order valence-corrected chi connectivity index (χ0v) is 12.5. The van der Waals surface area contributed by atoms with Gasteiger partial charge in [-0.3, -0.25) is 0 Å². The lowest BCUT2D eigenvalue weighted by atomic mass is 9.70. The summed E-state index contributed by atoms with van der Waals surface area (Å²) in [6.45, 7) is 4.31. The highest BCUT2D eigenvalue weighted by molar-refractivity contribution is 5.63. The zero-order chi connectivity index (χ0) is 14.0. The quantitative estimate of drug-likeness (QED) is 0.779. The third-order valence-corrected chi connectivity index (χ3v) is 5.09. The highest BCUT2D eigenvalue weighted by Gasteiger charge is 2.37. The Morgan fingerprint density at radius 1 is 1.35 bits per heavy atom. The van der Waals surface area contributed by atoms with Crippen molar-refractivity contribution in [2.45, 2.75) is 45.4 Å². The van der Waals surface area contributed by atoms with Gasteiger partial charge < -0.3 is 9.69 Å². The van der Waals surface area contributed by atoms with Crippen LogP contribution in [-0.4, -0.2) is 19.4 Å². The van der Waals surface area contributed by atoms with Crippen LogP contribution in [0.5, 0.6) is 0 Å². The van der Waals surface area contributed by atoms with Crippen LogP contribution in [0.25, 0.3) is 0 Å². The van der Waals surface area contributed by atoms with Gasteiger partial charge in [0.05, 0.1) is 0 Å². The summed E-state index contributed by atoms with van der Waals surface area (Å²) in [5.41, 5.74) is 2.70. The molecule has 1 fully saturated rings. The van der Waals surface area contributed by atoms with Gasteiger partial charge in [0.15, 0.2) is 0 Å². The van der Waals surface area contributed by atoms with Gasteiger partial charge >= 0.3 is 0 Å². The van der Waals surface area contributed by atoms with Gasteiger partial charge in [-0.1, -0.05) is 38.0 Å². The number of hydrogen-bond acceptors (Lipinski definition) is 2. The fourth-order valence-corrected chi connectivity index (χ4v) is 4.14. The van der Waals surface area contributed by atoms with Crippen LogP contribution in [0.3, 0.4) is 0 Å². The number of carbonyl (C=O) groups is 1. The number of nitrogens with zero attached hydrogens (tertiary/aromatic N) is 1. The van der Waals surface area contributed by atoms with E-state index < -0.39 is 0 Å². The first-order chi connectivity index (χ1) is 9.72. The third kappa shape index (κ3) is 2.61. The third-order valence-electron chi connectivity index (χ3n) is 5.09. The molecule has 0 N–H and O–H groups in total. The first-order valence-corrected chi connectivity index (χ1v) is 8.02. The maximum Gasteiger partial charge on any atom is 0.127 e. The summed E-state index contributed by atoms with van der Waals surface area (Å²) in [5.74, 6) is 0.689. The second-order valence-electron chi connectivity index (χ2n) is 6.84. The van der Waals surface area contributed by atoms with Crippen molar-refractivity contribution in [2.24, 2.45) is 11.3 Å². The van der Waals surface area contributed by atoms with Gasteiger partial charge in [0, 0.05) is 24.2 Å². The van der Waals surface area contributed by atoms with Crippen molar-refractivity contribution >= 4 is 12.0 Å². The number of para-hydroxylation sites is 1. The van der Waals surface area contributed by atoms with E-state index >= 15 is 0 Å². The normalized spacial score (nSPS) is 29.9. The average Bonchev–Trinajstić information content (AvgIpc) is 2.48. The fourth-order valence-electron chi connectivity index (χ4n) is 4.14. The van der Waals surface area contributed by atoms with Gasteiger partial charge in [-0.2, -0.15) is 0 Å². The van der Waals surface area contributed by atoms with Gasteiger partial charge in [-0.05, 0) is 43.2 Å². The number of hydrogen-bond donors (Lipinski definition) is 0.